The molecule has 0 aliphatic heterocycles. The summed E-state index contributed by atoms with van der Waals surface area (Å²) in [5.74, 6) is -0.163. The molecule has 2 aromatic carbocycles. The van der Waals surface area contributed by atoms with Crippen LogP contribution in [0.2, 0.25) is 0 Å². The minimum absolute atomic E-state index is 0.147. The van der Waals surface area contributed by atoms with Crippen LogP contribution < -0.4 is 0 Å². The Hall–Kier alpha value is -3.00. The number of sulfone groups is 1. The molecule has 0 aliphatic carbocycles. The van der Waals surface area contributed by atoms with Gasteiger partial charge in [0.25, 0.3) is 5.89 Å². The summed E-state index contributed by atoms with van der Waals surface area (Å²) in [6.45, 7) is 1.51. The van der Waals surface area contributed by atoms with Crippen molar-refractivity contribution in [1.29, 1.82) is 0 Å². The van der Waals surface area contributed by atoms with Crippen molar-refractivity contribution in [3.8, 4) is 0 Å². The molecule has 0 bridgehead atoms. The third-order valence-electron chi connectivity index (χ3n) is 3.52. The molecule has 0 unspecified atom stereocenters. The Morgan fingerprint density at radius 3 is 2.58 bits per heavy atom. The van der Waals surface area contributed by atoms with Crippen LogP contribution in [0.5, 0.6) is 0 Å². The second kappa shape index (κ2) is 7.49. The molecule has 1 heterocycles. The van der Waals surface area contributed by atoms with E-state index < -0.39 is 15.8 Å². The van der Waals surface area contributed by atoms with Crippen molar-refractivity contribution < 1.29 is 22.5 Å². The Morgan fingerprint density at radius 1 is 1.12 bits per heavy atom. The Balaban J connectivity index is 1.70. The average Bonchev–Trinajstić information content (AvgIpc) is 3.05. The molecule has 0 radical (unpaired) electrons. The van der Waals surface area contributed by atoms with E-state index in [-0.39, 0.29) is 28.7 Å². The standard InChI is InChI=1S/C18H16N2O5S/c1-13-19-17(25-20-13)11-24-18(21)15-7-5-6-14(10-15)12-26(22,23)16-8-3-2-4-9-16/h2-10H,11-12H2,1H3. The molecule has 0 saturated heterocycles. The largest absolute Gasteiger partial charge is 0.452 e. The quantitative estimate of drug-likeness (QED) is 0.613. The highest BCUT2D eigenvalue weighted by Gasteiger charge is 2.17. The number of carbonyl (C=O) groups excluding carboxylic acids is 1. The van der Waals surface area contributed by atoms with Crippen molar-refractivity contribution in [3.63, 3.8) is 0 Å². The van der Waals surface area contributed by atoms with Gasteiger partial charge in [0.05, 0.1) is 16.2 Å². The lowest BCUT2D eigenvalue weighted by molar-refractivity contribution is 0.0429. The molecule has 0 amide bonds. The third-order valence-corrected chi connectivity index (χ3v) is 5.22. The summed E-state index contributed by atoms with van der Waals surface area (Å²) in [5.41, 5.74) is 0.749. The first-order valence-corrected chi connectivity index (χ1v) is 9.42. The van der Waals surface area contributed by atoms with E-state index in [1.54, 1.807) is 55.5 Å². The van der Waals surface area contributed by atoms with Crippen molar-refractivity contribution in [2.24, 2.45) is 0 Å². The molecule has 0 aliphatic rings. The minimum Gasteiger partial charge on any atom is -0.452 e. The van der Waals surface area contributed by atoms with Gasteiger partial charge in [-0.15, -0.1) is 0 Å². The molecule has 0 fully saturated rings. The molecule has 1 aromatic heterocycles. The number of aromatic nitrogens is 2. The van der Waals surface area contributed by atoms with Crippen LogP contribution in [0, 0.1) is 6.92 Å². The monoisotopic (exact) mass is 372 g/mol. The van der Waals surface area contributed by atoms with Gasteiger partial charge < -0.3 is 9.26 Å². The lowest BCUT2D eigenvalue weighted by Crippen LogP contribution is -2.08. The smallest absolute Gasteiger partial charge is 0.338 e. The number of esters is 1. The molecule has 0 N–H and O–H groups in total. The zero-order chi connectivity index (χ0) is 18.6. The van der Waals surface area contributed by atoms with Crippen molar-refractivity contribution in [2.45, 2.75) is 24.2 Å². The van der Waals surface area contributed by atoms with Gasteiger partial charge in [-0.25, -0.2) is 13.2 Å². The fourth-order valence-electron chi connectivity index (χ4n) is 2.33. The molecule has 26 heavy (non-hydrogen) atoms. The van der Waals surface area contributed by atoms with E-state index in [0.717, 1.165) is 0 Å². The van der Waals surface area contributed by atoms with Crippen LogP contribution in [0.3, 0.4) is 0 Å². The number of rotatable bonds is 6. The average molecular weight is 372 g/mol. The maximum atomic E-state index is 12.5. The summed E-state index contributed by atoms with van der Waals surface area (Å²) < 4.78 is 34.9. The van der Waals surface area contributed by atoms with Gasteiger partial charge in [-0.05, 0) is 36.8 Å². The van der Waals surface area contributed by atoms with Gasteiger partial charge in [-0.1, -0.05) is 35.5 Å². The topological polar surface area (TPSA) is 99.4 Å². The SMILES string of the molecule is Cc1noc(COC(=O)c2cccc(CS(=O)(=O)c3ccccc3)c2)n1. The zero-order valence-electron chi connectivity index (χ0n) is 14.0. The van der Waals surface area contributed by atoms with Crippen LogP contribution in [-0.4, -0.2) is 24.5 Å². The number of aryl methyl sites for hydroxylation is 1. The number of nitrogens with zero attached hydrogens (tertiary/aromatic N) is 2. The molecule has 3 rings (SSSR count). The normalized spacial score (nSPS) is 11.3. The first kappa shape index (κ1) is 17.8. The van der Waals surface area contributed by atoms with Gasteiger partial charge in [0, 0.05) is 0 Å². The van der Waals surface area contributed by atoms with E-state index >= 15 is 0 Å². The van der Waals surface area contributed by atoms with Crippen LogP contribution in [0.1, 0.15) is 27.6 Å². The molecule has 0 atom stereocenters. The first-order chi connectivity index (χ1) is 12.4. The first-order valence-electron chi connectivity index (χ1n) is 7.77. The van der Waals surface area contributed by atoms with Gasteiger partial charge in [0.2, 0.25) is 0 Å². The maximum absolute atomic E-state index is 12.5. The number of ether oxygens (including phenoxy) is 1. The van der Waals surface area contributed by atoms with E-state index in [4.69, 9.17) is 9.26 Å². The molecule has 3 aromatic rings. The molecule has 134 valence electrons. The van der Waals surface area contributed by atoms with Crippen molar-refractivity contribution in [3.05, 3.63) is 77.4 Å². The Kier molecular flexibility index (Phi) is 5.13. The van der Waals surface area contributed by atoms with Crippen LogP contribution in [0.25, 0.3) is 0 Å². The summed E-state index contributed by atoms with van der Waals surface area (Å²) in [5, 5.41) is 3.61. The van der Waals surface area contributed by atoms with Crippen LogP contribution in [0.15, 0.2) is 64.0 Å². The summed E-state index contributed by atoms with van der Waals surface area (Å²) in [7, 11) is -3.49. The van der Waals surface area contributed by atoms with Gasteiger partial charge >= 0.3 is 5.97 Å². The molecule has 7 nitrogen and oxygen atoms in total. The fraction of sp³-hybridized carbons (Fsp3) is 0.167. The second-order valence-corrected chi connectivity index (χ2v) is 7.57. The number of hydrogen-bond acceptors (Lipinski definition) is 7. The summed E-state index contributed by atoms with van der Waals surface area (Å²) in [6, 6.07) is 14.5. The lowest BCUT2D eigenvalue weighted by atomic mass is 10.1. The Labute approximate surface area is 150 Å². The molecule has 0 spiro atoms. The van der Waals surface area contributed by atoms with Crippen LogP contribution in [-0.2, 0) is 26.9 Å². The predicted molar refractivity (Wildman–Crippen MR) is 91.9 cm³/mol. The summed E-state index contributed by atoms with van der Waals surface area (Å²) >= 11 is 0. The van der Waals surface area contributed by atoms with E-state index in [2.05, 4.69) is 10.1 Å². The van der Waals surface area contributed by atoms with Gasteiger partial charge in [0.1, 0.15) is 0 Å². The number of carbonyl (C=O) groups is 1. The van der Waals surface area contributed by atoms with Gasteiger partial charge in [-0.2, -0.15) is 4.98 Å². The number of benzene rings is 2. The van der Waals surface area contributed by atoms with Crippen molar-refractivity contribution in [2.75, 3.05) is 0 Å². The van der Waals surface area contributed by atoms with E-state index in [9.17, 15) is 13.2 Å². The highest BCUT2D eigenvalue weighted by Crippen LogP contribution is 2.17. The third kappa shape index (κ3) is 4.34. The fourth-order valence-corrected chi connectivity index (χ4v) is 3.68. The molecule has 8 heteroatoms. The summed E-state index contributed by atoms with van der Waals surface area (Å²) in [4.78, 5) is 16.3. The van der Waals surface area contributed by atoms with E-state index in [1.165, 1.54) is 6.07 Å². The van der Waals surface area contributed by atoms with Crippen molar-refractivity contribution in [1.82, 2.24) is 10.1 Å². The lowest BCUT2D eigenvalue weighted by Gasteiger charge is -2.07. The summed E-state index contributed by atoms with van der Waals surface area (Å²) in [6.07, 6.45) is 0. The maximum Gasteiger partial charge on any atom is 0.338 e. The molecule has 0 saturated carbocycles. The minimum atomic E-state index is -3.49. The predicted octanol–water partition coefficient (Wildman–Crippen LogP) is 2.71. The van der Waals surface area contributed by atoms with Gasteiger partial charge in [-0.3, -0.25) is 0 Å². The Bertz CT molecular complexity index is 1010. The highest BCUT2D eigenvalue weighted by molar-refractivity contribution is 7.90. The van der Waals surface area contributed by atoms with Crippen LogP contribution in [0.4, 0.5) is 0 Å². The zero-order valence-corrected chi connectivity index (χ0v) is 14.8. The second-order valence-electron chi connectivity index (χ2n) is 5.58. The van der Waals surface area contributed by atoms with E-state index in [0.29, 0.717) is 11.4 Å². The highest BCUT2D eigenvalue weighted by atomic mass is 32.2. The number of hydrogen-bond donors (Lipinski definition) is 0. The van der Waals surface area contributed by atoms with Crippen LogP contribution >= 0.6 is 0 Å². The Morgan fingerprint density at radius 2 is 1.88 bits per heavy atom. The van der Waals surface area contributed by atoms with E-state index in [1.807, 2.05) is 0 Å². The molecular formula is C18H16N2O5S. The molecular weight excluding hydrogens is 356 g/mol. The van der Waals surface area contributed by atoms with Gasteiger partial charge in [0.15, 0.2) is 22.3 Å². The van der Waals surface area contributed by atoms with Crippen molar-refractivity contribution >= 4 is 15.8 Å².